The summed E-state index contributed by atoms with van der Waals surface area (Å²) in [6.07, 6.45) is 1.59. The molecule has 2 aromatic rings. The second-order valence-electron chi connectivity index (χ2n) is 6.32. The van der Waals surface area contributed by atoms with Gasteiger partial charge >= 0.3 is 0 Å². The van der Waals surface area contributed by atoms with Crippen LogP contribution in [-0.4, -0.2) is 41.3 Å². The average molecular weight is 393 g/mol. The van der Waals surface area contributed by atoms with E-state index in [-0.39, 0.29) is 17.7 Å². The van der Waals surface area contributed by atoms with Gasteiger partial charge in [-0.1, -0.05) is 22.9 Å². The molecular formula is C17H17ClN4O3S. The number of halogens is 1. The van der Waals surface area contributed by atoms with Crippen molar-refractivity contribution in [1.82, 2.24) is 10.2 Å². The van der Waals surface area contributed by atoms with Crippen molar-refractivity contribution in [2.24, 2.45) is 0 Å². The Labute approximate surface area is 159 Å². The van der Waals surface area contributed by atoms with Crippen LogP contribution in [0.1, 0.15) is 30.2 Å². The van der Waals surface area contributed by atoms with E-state index in [9.17, 15) is 9.59 Å². The first-order valence-corrected chi connectivity index (χ1v) is 9.61. The zero-order valence-corrected chi connectivity index (χ0v) is 15.4. The van der Waals surface area contributed by atoms with Crippen LogP contribution in [0, 0.1) is 0 Å². The molecule has 2 fully saturated rings. The molecule has 3 heterocycles. The summed E-state index contributed by atoms with van der Waals surface area (Å²) >= 11 is 7.22. The Balaban J connectivity index is 1.42. The van der Waals surface area contributed by atoms with E-state index in [1.807, 2.05) is 12.1 Å². The molecule has 0 aliphatic carbocycles. The highest BCUT2D eigenvalue weighted by atomic mass is 35.5. The smallest absolute Gasteiger partial charge is 0.255 e. The van der Waals surface area contributed by atoms with Crippen LogP contribution in [0.15, 0.2) is 24.3 Å². The summed E-state index contributed by atoms with van der Waals surface area (Å²) in [6.45, 7) is 1.15. The van der Waals surface area contributed by atoms with E-state index in [1.165, 1.54) is 11.3 Å². The Morgan fingerprint density at radius 2 is 2.12 bits per heavy atom. The van der Waals surface area contributed by atoms with E-state index in [0.29, 0.717) is 29.7 Å². The minimum absolute atomic E-state index is 0.0379. The van der Waals surface area contributed by atoms with Gasteiger partial charge in [-0.2, -0.15) is 0 Å². The number of hydrogen-bond acceptors (Lipinski definition) is 6. The standard InChI is InChI=1S/C17H17ClN4O3S/c18-11-3-5-12(6-4-11)22-9-10(8-14(22)23)16-20-21-17(26-16)19-15(24)13-2-1-7-25-13/h3-6,10,13H,1-2,7-9H2,(H,19,21,24). The Kier molecular flexibility index (Phi) is 4.88. The van der Waals surface area contributed by atoms with Crippen molar-refractivity contribution in [2.45, 2.75) is 31.3 Å². The molecular weight excluding hydrogens is 376 g/mol. The van der Waals surface area contributed by atoms with Gasteiger partial charge in [0.05, 0.1) is 0 Å². The van der Waals surface area contributed by atoms with Crippen LogP contribution in [0.2, 0.25) is 5.02 Å². The lowest BCUT2D eigenvalue weighted by atomic mass is 10.1. The molecule has 9 heteroatoms. The van der Waals surface area contributed by atoms with Crippen LogP contribution in [-0.2, 0) is 14.3 Å². The molecule has 136 valence electrons. The number of benzene rings is 1. The van der Waals surface area contributed by atoms with Gasteiger partial charge < -0.3 is 9.64 Å². The largest absolute Gasteiger partial charge is 0.368 e. The lowest BCUT2D eigenvalue weighted by Crippen LogP contribution is -2.26. The second-order valence-corrected chi connectivity index (χ2v) is 7.76. The van der Waals surface area contributed by atoms with Gasteiger partial charge in [-0.15, -0.1) is 10.2 Å². The molecule has 1 N–H and O–H groups in total. The summed E-state index contributed by atoms with van der Waals surface area (Å²) in [6, 6.07) is 7.19. The van der Waals surface area contributed by atoms with Crippen LogP contribution in [0.4, 0.5) is 10.8 Å². The Bertz CT molecular complexity index is 820. The highest BCUT2D eigenvalue weighted by Gasteiger charge is 2.34. The molecule has 4 rings (SSSR count). The number of carbonyl (C=O) groups is 2. The summed E-state index contributed by atoms with van der Waals surface area (Å²) < 4.78 is 5.36. The van der Waals surface area contributed by atoms with E-state index in [2.05, 4.69) is 15.5 Å². The minimum Gasteiger partial charge on any atom is -0.368 e. The maximum Gasteiger partial charge on any atom is 0.255 e. The van der Waals surface area contributed by atoms with E-state index in [4.69, 9.17) is 16.3 Å². The van der Waals surface area contributed by atoms with E-state index < -0.39 is 6.10 Å². The molecule has 0 bridgehead atoms. The van der Waals surface area contributed by atoms with Crippen molar-refractivity contribution in [3.63, 3.8) is 0 Å². The number of nitrogens with zero attached hydrogens (tertiary/aromatic N) is 3. The van der Waals surface area contributed by atoms with E-state index in [1.54, 1.807) is 17.0 Å². The Hall–Kier alpha value is -2.03. The van der Waals surface area contributed by atoms with E-state index >= 15 is 0 Å². The molecule has 0 saturated carbocycles. The highest BCUT2D eigenvalue weighted by Crippen LogP contribution is 2.34. The third kappa shape index (κ3) is 3.58. The van der Waals surface area contributed by atoms with Crippen LogP contribution >= 0.6 is 22.9 Å². The van der Waals surface area contributed by atoms with Crippen molar-refractivity contribution in [3.05, 3.63) is 34.3 Å². The molecule has 0 radical (unpaired) electrons. The molecule has 2 unspecified atom stereocenters. The van der Waals surface area contributed by atoms with Gasteiger partial charge in [-0.3, -0.25) is 14.9 Å². The van der Waals surface area contributed by atoms with Gasteiger partial charge in [0, 0.05) is 36.2 Å². The first kappa shape index (κ1) is 17.4. The molecule has 2 amide bonds. The third-order valence-electron chi connectivity index (χ3n) is 4.51. The topological polar surface area (TPSA) is 84.4 Å². The molecule has 26 heavy (non-hydrogen) atoms. The summed E-state index contributed by atoms with van der Waals surface area (Å²) in [7, 11) is 0. The zero-order chi connectivity index (χ0) is 18.1. The number of nitrogens with one attached hydrogen (secondary N) is 1. The maximum atomic E-state index is 12.4. The van der Waals surface area contributed by atoms with Crippen LogP contribution in [0.3, 0.4) is 0 Å². The van der Waals surface area contributed by atoms with Crippen molar-refractivity contribution >= 4 is 45.6 Å². The number of carbonyl (C=O) groups excluding carboxylic acids is 2. The summed E-state index contributed by atoms with van der Waals surface area (Å²) in [4.78, 5) is 26.2. The number of hydrogen-bond donors (Lipinski definition) is 1. The normalized spacial score (nSPS) is 22.8. The fraction of sp³-hybridized carbons (Fsp3) is 0.412. The van der Waals surface area contributed by atoms with Crippen LogP contribution in [0.5, 0.6) is 0 Å². The quantitative estimate of drug-likeness (QED) is 0.864. The first-order chi connectivity index (χ1) is 12.6. The van der Waals surface area contributed by atoms with Crippen molar-refractivity contribution in [3.8, 4) is 0 Å². The Morgan fingerprint density at radius 3 is 2.85 bits per heavy atom. The highest BCUT2D eigenvalue weighted by molar-refractivity contribution is 7.15. The summed E-state index contributed by atoms with van der Waals surface area (Å²) in [5.41, 5.74) is 0.818. The second kappa shape index (κ2) is 7.30. The van der Waals surface area contributed by atoms with Gasteiger partial charge in [-0.25, -0.2) is 0 Å². The van der Waals surface area contributed by atoms with Gasteiger partial charge in [0.25, 0.3) is 5.91 Å². The number of rotatable bonds is 4. The van der Waals surface area contributed by atoms with Crippen LogP contribution < -0.4 is 10.2 Å². The molecule has 2 aliphatic heterocycles. The van der Waals surface area contributed by atoms with Crippen LogP contribution in [0.25, 0.3) is 0 Å². The molecule has 0 spiro atoms. The lowest BCUT2D eigenvalue weighted by Gasteiger charge is -2.16. The first-order valence-electron chi connectivity index (χ1n) is 8.42. The molecule has 1 aromatic carbocycles. The van der Waals surface area contributed by atoms with Crippen molar-refractivity contribution in [1.29, 1.82) is 0 Å². The third-order valence-corrected chi connectivity index (χ3v) is 5.76. The number of amides is 2. The molecule has 2 aliphatic rings. The van der Waals surface area contributed by atoms with Gasteiger partial charge in [0.2, 0.25) is 11.0 Å². The molecule has 2 atom stereocenters. The zero-order valence-electron chi connectivity index (χ0n) is 13.9. The van der Waals surface area contributed by atoms with Crippen molar-refractivity contribution < 1.29 is 14.3 Å². The van der Waals surface area contributed by atoms with E-state index in [0.717, 1.165) is 23.5 Å². The predicted octanol–water partition coefficient (Wildman–Crippen LogP) is 2.83. The summed E-state index contributed by atoms with van der Waals surface area (Å²) in [5.74, 6) is -0.183. The number of aromatic nitrogens is 2. The van der Waals surface area contributed by atoms with Gasteiger partial charge in [-0.05, 0) is 37.1 Å². The van der Waals surface area contributed by atoms with Crippen molar-refractivity contribution in [2.75, 3.05) is 23.4 Å². The lowest BCUT2D eigenvalue weighted by molar-refractivity contribution is -0.124. The van der Waals surface area contributed by atoms with Gasteiger partial charge in [0.15, 0.2) is 0 Å². The fourth-order valence-electron chi connectivity index (χ4n) is 3.16. The minimum atomic E-state index is -0.407. The SMILES string of the molecule is O=C(Nc1nnc(C2CC(=O)N(c3ccc(Cl)cc3)C2)s1)C1CCCO1. The Morgan fingerprint density at radius 1 is 1.31 bits per heavy atom. The average Bonchev–Trinajstić information content (AvgIpc) is 3.36. The molecule has 2 saturated heterocycles. The van der Waals surface area contributed by atoms with Gasteiger partial charge in [0.1, 0.15) is 11.1 Å². The number of ether oxygens (including phenoxy) is 1. The number of anilines is 2. The molecule has 7 nitrogen and oxygen atoms in total. The predicted molar refractivity (Wildman–Crippen MR) is 98.7 cm³/mol. The molecule has 1 aromatic heterocycles. The summed E-state index contributed by atoms with van der Waals surface area (Å²) in [5, 5.41) is 12.8. The fourth-order valence-corrected chi connectivity index (χ4v) is 4.13. The maximum absolute atomic E-state index is 12.4. The monoisotopic (exact) mass is 392 g/mol.